The van der Waals surface area contributed by atoms with E-state index in [0.29, 0.717) is 6.42 Å². The summed E-state index contributed by atoms with van der Waals surface area (Å²) in [6.45, 7) is 3.59. The van der Waals surface area contributed by atoms with Gasteiger partial charge in [0, 0.05) is 11.4 Å². The third kappa shape index (κ3) is 2.85. The molecule has 0 spiro atoms. The predicted octanol–water partition coefficient (Wildman–Crippen LogP) is 3.17. The van der Waals surface area contributed by atoms with E-state index >= 15 is 0 Å². The SMILES string of the molecule is CC(=O)CCc1cccc(Cl)c1C. The second kappa shape index (κ2) is 4.43. The molecule has 1 aromatic carbocycles. The fourth-order valence-corrected chi connectivity index (χ4v) is 1.43. The van der Waals surface area contributed by atoms with Crippen molar-refractivity contribution < 1.29 is 4.79 Å². The predicted molar refractivity (Wildman–Crippen MR) is 55.2 cm³/mol. The zero-order valence-electron chi connectivity index (χ0n) is 7.93. The monoisotopic (exact) mass is 196 g/mol. The summed E-state index contributed by atoms with van der Waals surface area (Å²) in [5.41, 5.74) is 2.26. The second-order valence-electron chi connectivity index (χ2n) is 3.23. The first-order valence-electron chi connectivity index (χ1n) is 4.34. The number of ketones is 1. The maximum absolute atomic E-state index is 10.8. The number of halogens is 1. The molecular weight excluding hydrogens is 184 g/mol. The Hall–Kier alpha value is -0.820. The van der Waals surface area contributed by atoms with Crippen molar-refractivity contribution in [1.82, 2.24) is 0 Å². The number of carbonyl (C=O) groups excluding carboxylic acids is 1. The number of aryl methyl sites for hydroxylation is 1. The summed E-state index contributed by atoms with van der Waals surface area (Å²) in [5.74, 6) is 0.222. The molecule has 0 aliphatic carbocycles. The van der Waals surface area contributed by atoms with Gasteiger partial charge in [0.2, 0.25) is 0 Å². The molecule has 70 valence electrons. The third-order valence-electron chi connectivity index (χ3n) is 2.13. The van der Waals surface area contributed by atoms with Crippen LogP contribution in [-0.2, 0) is 11.2 Å². The third-order valence-corrected chi connectivity index (χ3v) is 2.54. The highest BCUT2D eigenvalue weighted by Gasteiger charge is 2.02. The van der Waals surface area contributed by atoms with Crippen molar-refractivity contribution in [3.63, 3.8) is 0 Å². The van der Waals surface area contributed by atoms with E-state index in [9.17, 15) is 4.79 Å². The molecule has 0 amide bonds. The fraction of sp³-hybridized carbons (Fsp3) is 0.364. The minimum Gasteiger partial charge on any atom is -0.300 e. The number of benzene rings is 1. The van der Waals surface area contributed by atoms with Gasteiger partial charge in [0.1, 0.15) is 5.78 Å². The van der Waals surface area contributed by atoms with Crippen LogP contribution >= 0.6 is 11.6 Å². The van der Waals surface area contributed by atoms with Gasteiger partial charge >= 0.3 is 0 Å². The molecule has 1 nitrogen and oxygen atoms in total. The number of hydrogen-bond donors (Lipinski definition) is 0. The van der Waals surface area contributed by atoms with Gasteiger partial charge in [0.05, 0.1) is 0 Å². The average molecular weight is 197 g/mol. The van der Waals surface area contributed by atoms with E-state index < -0.39 is 0 Å². The standard InChI is InChI=1S/C11H13ClO/c1-8(13)6-7-10-4-3-5-11(12)9(10)2/h3-5H,6-7H2,1-2H3. The van der Waals surface area contributed by atoms with Crippen LogP contribution in [0.2, 0.25) is 5.02 Å². The molecule has 0 aliphatic heterocycles. The summed E-state index contributed by atoms with van der Waals surface area (Å²) in [6, 6.07) is 5.81. The highest BCUT2D eigenvalue weighted by molar-refractivity contribution is 6.31. The second-order valence-corrected chi connectivity index (χ2v) is 3.63. The molecule has 0 fully saturated rings. The molecule has 13 heavy (non-hydrogen) atoms. The Morgan fingerprint density at radius 2 is 2.15 bits per heavy atom. The molecule has 0 aromatic heterocycles. The molecule has 2 heteroatoms. The molecule has 0 bridgehead atoms. The van der Waals surface area contributed by atoms with Gasteiger partial charge in [-0.25, -0.2) is 0 Å². The van der Waals surface area contributed by atoms with Crippen LogP contribution < -0.4 is 0 Å². The first kappa shape index (κ1) is 10.3. The molecule has 0 aliphatic rings. The van der Waals surface area contributed by atoms with Crippen LogP contribution in [-0.4, -0.2) is 5.78 Å². The minimum atomic E-state index is 0.222. The van der Waals surface area contributed by atoms with Gasteiger partial charge in [-0.05, 0) is 37.5 Å². The summed E-state index contributed by atoms with van der Waals surface area (Å²) in [5, 5.41) is 0.779. The Kier molecular flexibility index (Phi) is 3.49. The lowest BCUT2D eigenvalue weighted by Crippen LogP contribution is -1.96. The molecule has 0 heterocycles. The topological polar surface area (TPSA) is 17.1 Å². The van der Waals surface area contributed by atoms with Gasteiger partial charge in [-0.3, -0.25) is 0 Å². The summed E-state index contributed by atoms with van der Waals surface area (Å²) >= 11 is 5.94. The summed E-state index contributed by atoms with van der Waals surface area (Å²) in [4.78, 5) is 10.8. The normalized spacial score (nSPS) is 10.1. The van der Waals surface area contributed by atoms with Gasteiger partial charge in [-0.2, -0.15) is 0 Å². The summed E-state index contributed by atoms with van der Waals surface area (Å²) in [7, 11) is 0. The van der Waals surface area contributed by atoms with Gasteiger partial charge in [-0.1, -0.05) is 23.7 Å². The van der Waals surface area contributed by atoms with E-state index in [1.54, 1.807) is 6.92 Å². The molecule has 0 saturated heterocycles. The van der Waals surface area contributed by atoms with Crippen molar-refractivity contribution in [3.8, 4) is 0 Å². The maximum atomic E-state index is 10.8. The van der Waals surface area contributed by atoms with Crippen LogP contribution in [0.15, 0.2) is 18.2 Å². The molecule has 1 aromatic rings. The molecule has 0 radical (unpaired) electrons. The Bertz CT molecular complexity index is 318. The van der Waals surface area contributed by atoms with Gasteiger partial charge < -0.3 is 4.79 Å². The number of rotatable bonds is 3. The van der Waals surface area contributed by atoms with Crippen LogP contribution in [0.25, 0.3) is 0 Å². The Balaban J connectivity index is 2.77. The first-order valence-corrected chi connectivity index (χ1v) is 4.72. The highest BCUT2D eigenvalue weighted by Crippen LogP contribution is 2.19. The van der Waals surface area contributed by atoms with Crippen molar-refractivity contribution in [3.05, 3.63) is 34.3 Å². The van der Waals surface area contributed by atoms with Gasteiger partial charge in [0.15, 0.2) is 0 Å². The van der Waals surface area contributed by atoms with Crippen LogP contribution in [0.5, 0.6) is 0 Å². The zero-order chi connectivity index (χ0) is 9.84. The van der Waals surface area contributed by atoms with Crippen molar-refractivity contribution in [2.45, 2.75) is 26.7 Å². The van der Waals surface area contributed by atoms with Crippen LogP contribution in [0, 0.1) is 6.92 Å². The molecule has 0 N–H and O–H groups in total. The van der Waals surface area contributed by atoms with Crippen LogP contribution in [0.4, 0.5) is 0 Å². The van der Waals surface area contributed by atoms with Crippen LogP contribution in [0.3, 0.4) is 0 Å². The van der Waals surface area contributed by atoms with E-state index in [0.717, 1.165) is 17.0 Å². The smallest absolute Gasteiger partial charge is 0.130 e. The minimum absolute atomic E-state index is 0.222. The lowest BCUT2D eigenvalue weighted by Gasteiger charge is -2.05. The quantitative estimate of drug-likeness (QED) is 0.726. The lowest BCUT2D eigenvalue weighted by molar-refractivity contribution is -0.116. The Morgan fingerprint density at radius 1 is 1.46 bits per heavy atom. The van der Waals surface area contributed by atoms with Crippen molar-refractivity contribution in [2.75, 3.05) is 0 Å². The molecule has 1 rings (SSSR count). The maximum Gasteiger partial charge on any atom is 0.130 e. The average Bonchev–Trinajstić information content (AvgIpc) is 2.07. The Labute approximate surface area is 83.7 Å². The van der Waals surface area contributed by atoms with Crippen molar-refractivity contribution >= 4 is 17.4 Å². The molecule has 0 unspecified atom stereocenters. The van der Waals surface area contributed by atoms with E-state index in [1.165, 1.54) is 5.56 Å². The molecular formula is C11H13ClO. The van der Waals surface area contributed by atoms with E-state index in [1.807, 2.05) is 25.1 Å². The fourth-order valence-electron chi connectivity index (χ4n) is 1.23. The first-order chi connectivity index (χ1) is 6.11. The highest BCUT2D eigenvalue weighted by atomic mass is 35.5. The summed E-state index contributed by atoms with van der Waals surface area (Å²) in [6.07, 6.45) is 1.39. The number of carbonyl (C=O) groups is 1. The van der Waals surface area contributed by atoms with E-state index in [-0.39, 0.29) is 5.78 Å². The van der Waals surface area contributed by atoms with Crippen molar-refractivity contribution in [1.29, 1.82) is 0 Å². The Morgan fingerprint density at radius 3 is 2.77 bits per heavy atom. The number of hydrogen-bond acceptors (Lipinski definition) is 1. The molecule has 0 atom stereocenters. The summed E-state index contributed by atoms with van der Waals surface area (Å²) < 4.78 is 0. The van der Waals surface area contributed by atoms with Gasteiger partial charge in [-0.15, -0.1) is 0 Å². The largest absolute Gasteiger partial charge is 0.300 e. The zero-order valence-corrected chi connectivity index (χ0v) is 8.69. The lowest BCUT2D eigenvalue weighted by atomic mass is 10.0. The molecule has 0 saturated carbocycles. The van der Waals surface area contributed by atoms with E-state index in [2.05, 4.69) is 0 Å². The number of Topliss-reactive ketones (excluding diaryl/α,β-unsaturated/α-hetero) is 1. The van der Waals surface area contributed by atoms with Crippen molar-refractivity contribution in [2.24, 2.45) is 0 Å². The van der Waals surface area contributed by atoms with Crippen LogP contribution in [0.1, 0.15) is 24.5 Å². The van der Waals surface area contributed by atoms with Gasteiger partial charge in [0.25, 0.3) is 0 Å². The van der Waals surface area contributed by atoms with E-state index in [4.69, 9.17) is 11.6 Å².